The number of ether oxygens (including phenoxy) is 2. The molecule has 0 saturated heterocycles. The van der Waals surface area contributed by atoms with E-state index >= 15 is 0 Å². The van der Waals surface area contributed by atoms with Crippen LogP contribution in [0.4, 0.5) is 105 Å². The van der Waals surface area contributed by atoms with Crippen molar-refractivity contribution in [2.45, 2.75) is 49.4 Å². The largest absolute Gasteiger partial charge is 0.443 e. The van der Waals surface area contributed by atoms with Gasteiger partial charge in [-0.15, -0.1) is 0 Å². The van der Waals surface area contributed by atoms with Crippen molar-refractivity contribution < 1.29 is 154 Å². The van der Waals surface area contributed by atoms with E-state index in [1.165, 1.54) is 0 Å². The average molecular weight is 1660 g/mol. The van der Waals surface area contributed by atoms with E-state index in [0.29, 0.717) is 19.0 Å². The number of hydrogen-bond donors (Lipinski definition) is 0. The standard InChI is InChI=1S/C46H26IO6.C32H12BF24/c48-45(52-43-35-15-7-5-13-31(35)23-33-21-27-9-1-3-11-29(27)25-37(33)43)39-17-19-41(50-39)47-42-20-18-40(51-42)46(49)53-44-36-16-8-6-14-32(36)24-34-22-28-10-2-4-12-30(28)26-38(34)44;34-25(35,36)13-1-14(26(37,38)39)6-21(5-13)33(22-7-15(27(40,41)42)2-16(8-22)28(43,44)45,23-9-17(29(46,47)48)3-18(10-23)30(49,50)51)24-11-19(31(52,53)54)4-20(12-24)32(55,56)57/h1-26H;1-12H/q+1;-1. The summed E-state index contributed by atoms with van der Waals surface area (Å²) in [6, 6.07) is 42.5. The molecule has 32 heteroatoms. The molecule has 0 saturated carbocycles. The molecule has 0 bridgehead atoms. The number of carbonyl (C=O) groups is 2. The minimum Gasteiger partial charge on any atom is -0.419 e. The first-order valence-electron chi connectivity index (χ1n) is 31.6. The van der Waals surface area contributed by atoms with E-state index in [1.54, 1.807) is 24.3 Å². The lowest BCUT2D eigenvalue weighted by Crippen LogP contribution is -3.61. The molecule has 0 unspecified atom stereocenters. The molecule has 2 aromatic heterocycles. The molecule has 564 valence electrons. The summed E-state index contributed by atoms with van der Waals surface area (Å²) in [6.45, 7) is 0. The zero-order chi connectivity index (χ0) is 79.4. The van der Waals surface area contributed by atoms with E-state index in [2.05, 4.69) is 48.5 Å². The van der Waals surface area contributed by atoms with Crippen LogP contribution in [0.5, 0.6) is 11.5 Å². The van der Waals surface area contributed by atoms with E-state index in [-0.39, 0.29) is 11.5 Å². The van der Waals surface area contributed by atoms with Crippen LogP contribution in [0.3, 0.4) is 0 Å². The lowest BCUT2D eigenvalue weighted by atomic mass is 9.12. The molecule has 0 N–H and O–H groups in total. The van der Waals surface area contributed by atoms with Crippen LogP contribution in [0.1, 0.15) is 65.6 Å². The van der Waals surface area contributed by atoms with E-state index in [4.69, 9.17) is 18.3 Å². The highest BCUT2D eigenvalue weighted by Crippen LogP contribution is 2.45. The maximum absolute atomic E-state index is 14.2. The Hall–Kier alpha value is -11.2. The summed E-state index contributed by atoms with van der Waals surface area (Å²) in [7, 11) is 0. The summed E-state index contributed by atoms with van der Waals surface area (Å²) < 4.78 is 366. The SMILES string of the molecule is FC(F)(F)c1cc([B-](c2cc(C(F)(F)F)cc(C(F)(F)F)c2)(c2cc(C(F)(F)F)cc(C(F)(F)F)c2)c2cc(C(F)(F)F)cc(C(F)(F)F)c2)cc(C(F)(F)F)c1.O=C(Oc1c2ccccc2cc2cc3ccccc3cc12)c1ccc([I+]c2ccc(C(=O)Oc3c4ccccc4cc4cc5ccccc5cc34)o2)o1. The summed E-state index contributed by atoms with van der Waals surface area (Å²) in [5.74, 6) is -0.0355. The van der Waals surface area contributed by atoms with Crippen LogP contribution in [-0.2, 0) is 49.4 Å². The molecule has 12 aromatic carbocycles. The van der Waals surface area contributed by atoms with Crippen LogP contribution in [0.15, 0.2) is 239 Å². The molecule has 0 aliphatic rings. The number of halogens is 25. The maximum atomic E-state index is 14.2. The zero-order valence-corrected chi connectivity index (χ0v) is 56.6. The quantitative estimate of drug-likeness (QED) is 0.0339. The molecule has 110 heavy (non-hydrogen) atoms. The predicted molar refractivity (Wildman–Crippen MR) is 353 cm³/mol. The Kier molecular flexibility index (Phi) is 19.4. The number of carbonyl (C=O) groups excluding carboxylic acids is 2. The first kappa shape index (κ1) is 77.0. The Morgan fingerprint density at radius 3 is 0.736 bits per heavy atom. The molecular formula is C78H38BF24IO6. The second-order valence-electron chi connectivity index (χ2n) is 25.0. The summed E-state index contributed by atoms with van der Waals surface area (Å²) in [5.41, 5.74) is -30.2. The first-order chi connectivity index (χ1) is 51.3. The van der Waals surface area contributed by atoms with Crippen molar-refractivity contribution in [2.24, 2.45) is 0 Å². The van der Waals surface area contributed by atoms with Gasteiger partial charge in [0.25, 0.3) is 0 Å². The third kappa shape index (κ3) is 15.6. The van der Waals surface area contributed by atoms with Crippen molar-refractivity contribution >= 4 is 105 Å². The van der Waals surface area contributed by atoms with Gasteiger partial charge in [0.1, 0.15) is 17.6 Å². The van der Waals surface area contributed by atoms with Crippen molar-refractivity contribution in [1.82, 2.24) is 0 Å². The lowest BCUT2D eigenvalue weighted by molar-refractivity contribution is -0.636. The zero-order valence-electron chi connectivity index (χ0n) is 54.4. The Bertz CT molecular complexity index is 5320. The highest BCUT2D eigenvalue weighted by molar-refractivity contribution is 7.20. The fourth-order valence-electron chi connectivity index (χ4n) is 13.1. The van der Waals surface area contributed by atoms with Crippen molar-refractivity contribution in [1.29, 1.82) is 0 Å². The molecule has 0 atom stereocenters. The van der Waals surface area contributed by atoms with Gasteiger partial charge in [0, 0.05) is 33.7 Å². The number of hydrogen-bond acceptors (Lipinski definition) is 6. The Morgan fingerprint density at radius 2 is 0.482 bits per heavy atom. The molecule has 0 aliphatic carbocycles. The van der Waals surface area contributed by atoms with Crippen LogP contribution in [0.25, 0.3) is 64.6 Å². The number of benzene rings is 12. The normalized spacial score (nSPS) is 13.0. The predicted octanol–water partition coefficient (Wildman–Crippen LogP) is 19.6. The maximum Gasteiger partial charge on any atom is 0.443 e. The Morgan fingerprint density at radius 1 is 0.255 bits per heavy atom. The van der Waals surface area contributed by atoms with E-state index in [9.17, 15) is 115 Å². The highest BCUT2D eigenvalue weighted by atomic mass is 127. The van der Waals surface area contributed by atoms with Gasteiger partial charge in [0.15, 0.2) is 0 Å². The first-order valence-corrected chi connectivity index (χ1v) is 33.8. The minimum absolute atomic E-state index is 0.0862. The number of fused-ring (bicyclic) bond motifs is 6. The average Bonchev–Trinajstić information content (AvgIpc) is 0.772. The van der Waals surface area contributed by atoms with Crippen LogP contribution >= 0.6 is 0 Å². The van der Waals surface area contributed by atoms with Gasteiger partial charge >= 0.3 is 90.1 Å². The van der Waals surface area contributed by atoms with Crippen molar-refractivity contribution in [3.63, 3.8) is 0 Å². The Labute approximate surface area is 611 Å². The van der Waals surface area contributed by atoms with Gasteiger partial charge in [-0.3, -0.25) is 0 Å². The van der Waals surface area contributed by atoms with E-state index in [1.807, 2.05) is 84.9 Å². The number of furan rings is 2. The minimum atomic E-state index is -6.13. The van der Waals surface area contributed by atoms with Crippen molar-refractivity contribution in [3.8, 4) is 11.5 Å². The second-order valence-corrected chi connectivity index (χ2v) is 27.7. The molecule has 2 heterocycles. The van der Waals surface area contributed by atoms with Gasteiger partial charge < -0.3 is 18.3 Å². The van der Waals surface area contributed by atoms with Gasteiger partial charge in [-0.2, -0.15) is 127 Å². The smallest absolute Gasteiger partial charge is 0.419 e. The molecule has 0 amide bonds. The molecule has 0 radical (unpaired) electrons. The van der Waals surface area contributed by atoms with Crippen molar-refractivity contribution in [2.75, 3.05) is 0 Å². The van der Waals surface area contributed by atoms with E-state index in [0.717, 1.165) is 64.6 Å². The van der Waals surface area contributed by atoms with Gasteiger partial charge in [0.2, 0.25) is 11.5 Å². The molecule has 0 spiro atoms. The number of rotatable bonds is 10. The van der Waals surface area contributed by atoms with Gasteiger partial charge in [0.05, 0.1) is 44.5 Å². The van der Waals surface area contributed by atoms with Crippen LogP contribution in [0, 0.1) is 7.53 Å². The van der Waals surface area contributed by atoms with Crippen LogP contribution in [-0.4, -0.2) is 18.1 Å². The third-order valence-corrected chi connectivity index (χ3v) is 20.1. The fraction of sp³-hybridized carbons (Fsp3) is 0.103. The molecule has 6 nitrogen and oxygen atoms in total. The summed E-state index contributed by atoms with van der Waals surface area (Å²) in [4.78, 5) is 27.1. The molecule has 14 aromatic rings. The van der Waals surface area contributed by atoms with Gasteiger partial charge in [-0.25, -0.2) is 9.59 Å². The number of esters is 2. The Balaban J connectivity index is 0.000000193. The van der Waals surface area contributed by atoms with E-state index < -0.39 is 228 Å². The lowest BCUT2D eigenvalue weighted by Gasteiger charge is -2.46. The van der Waals surface area contributed by atoms with Gasteiger partial charge in [-0.1, -0.05) is 146 Å². The highest BCUT2D eigenvalue weighted by Gasteiger charge is 2.48. The summed E-state index contributed by atoms with van der Waals surface area (Å²) in [5, 5.41) is 11.6. The number of alkyl halides is 24. The van der Waals surface area contributed by atoms with Crippen LogP contribution in [0.2, 0.25) is 0 Å². The summed E-state index contributed by atoms with van der Waals surface area (Å²) in [6.07, 6.45) is -54.8. The topological polar surface area (TPSA) is 78.9 Å². The van der Waals surface area contributed by atoms with Crippen LogP contribution < -0.4 is 52.5 Å². The fourth-order valence-corrected chi connectivity index (χ4v) is 15.0. The molecular weight excluding hydrogens is 1630 g/mol. The third-order valence-electron chi connectivity index (χ3n) is 17.9. The second kappa shape index (κ2) is 27.7. The molecule has 0 aliphatic heterocycles. The molecule has 0 fully saturated rings. The monoisotopic (exact) mass is 1660 g/mol. The van der Waals surface area contributed by atoms with Gasteiger partial charge in [-0.05, 0) is 116 Å². The van der Waals surface area contributed by atoms with Crippen molar-refractivity contribution in [3.05, 3.63) is 294 Å². The molecule has 14 rings (SSSR count). The summed E-state index contributed by atoms with van der Waals surface area (Å²) >= 11 is -1.01.